The number of hydrogen-bond acceptors (Lipinski definition) is 2. The third-order valence-corrected chi connectivity index (χ3v) is 4.86. The largest absolute Gasteiger partial charge is 0.481 e. The molecule has 3 nitrogen and oxygen atoms in total. The van der Waals surface area contributed by atoms with E-state index in [-0.39, 0.29) is 43.4 Å². The number of halogens is 5. The summed E-state index contributed by atoms with van der Waals surface area (Å²) in [5.41, 5.74) is 0. The topological polar surface area (TPSA) is 38.3 Å². The van der Waals surface area contributed by atoms with Gasteiger partial charge in [-0.15, -0.1) is 0 Å². The number of ether oxygens (including phenoxy) is 1. The van der Waals surface area contributed by atoms with E-state index in [1.807, 2.05) is 0 Å². The van der Waals surface area contributed by atoms with Crippen LogP contribution in [0.1, 0.15) is 26.2 Å². The first-order chi connectivity index (χ1) is 9.90. The van der Waals surface area contributed by atoms with Crippen molar-refractivity contribution in [3.05, 3.63) is 25.1 Å². The van der Waals surface area contributed by atoms with E-state index in [1.54, 1.807) is 0 Å². The number of nitrogens with one attached hydrogen (secondary N) is 1. The van der Waals surface area contributed by atoms with Crippen molar-refractivity contribution in [2.75, 3.05) is 13.2 Å². The minimum atomic E-state index is -0.277. The Morgan fingerprint density at radius 2 is 1.48 bits per heavy atom. The van der Waals surface area contributed by atoms with Crippen LogP contribution in [0.5, 0.6) is 5.75 Å². The monoisotopic (exact) mass is 391 g/mol. The number of benzene rings is 1. The highest BCUT2D eigenvalue weighted by Crippen LogP contribution is 2.48. The lowest BCUT2D eigenvalue weighted by Gasteiger charge is -2.13. The summed E-state index contributed by atoms with van der Waals surface area (Å²) in [5.74, 6) is -0.234. The van der Waals surface area contributed by atoms with Gasteiger partial charge in [0.25, 0.3) is 5.91 Å². The van der Waals surface area contributed by atoms with E-state index in [4.69, 9.17) is 62.7 Å². The van der Waals surface area contributed by atoms with Crippen molar-refractivity contribution in [2.45, 2.75) is 26.2 Å². The molecule has 0 bridgehead atoms. The SMILES string of the molecule is CCCCCNC(=O)COc1c(Cl)c(Cl)c(Cl)c(Cl)c1Cl. The van der Waals surface area contributed by atoms with Crippen LogP contribution in [0.15, 0.2) is 0 Å². The molecule has 0 unspecified atom stereocenters. The molecule has 1 N–H and O–H groups in total. The first kappa shape index (κ1) is 19.0. The fraction of sp³-hybridized carbons (Fsp3) is 0.462. The van der Waals surface area contributed by atoms with Crippen molar-refractivity contribution in [3.63, 3.8) is 0 Å². The highest BCUT2D eigenvalue weighted by molar-refractivity contribution is 6.55. The fourth-order valence-electron chi connectivity index (χ4n) is 1.50. The molecule has 0 atom stereocenters. The normalized spacial score (nSPS) is 10.6. The lowest BCUT2D eigenvalue weighted by molar-refractivity contribution is -0.123. The Morgan fingerprint density at radius 1 is 0.952 bits per heavy atom. The lowest BCUT2D eigenvalue weighted by atomic mass is 10.2. The third-order valence-electron chi connectivity index (χ3n) is 2.62. The predicted molar refractivity (Wildman–Crippen MR) is 89.5 cm³/mol. The second-order valence-corrected chi connectivity index (χ2v) is 6.13. The second kappa shape index (κ2) is 9.16. The van der Waals surface area contributed by atoms with E-state index in [1.165, 1.54) is 0 Å². The summed E-state index contributed by atoms with van der Waals surface area (Å²) in [7, 11) is 0. The maximum absolute atomic E-state index is 11.6. The van der Waals surface area contributed by atoms with E-state index < -0.39 is 0 Å². The van der Waals surface area contributed by atoms with Gasteiger partial charge in [0.15, 0.2) is 12.4 Å². The number of carbonyl (C=O) groups is 1. The van der Waals surface area contributed by atoms with E-state index in [2.05, 4.69) is 12.2 Å². The van der Waals surface area contributed by atoms with Crippen LogP contribution in [0.25, 0.3) is 0 Å². The Bertz CT molecular complexity index is 493. The average Bonchev–Trinajstić information content (AvgIpc) is 2.47. The molecule has 21 heavy (non-hydrogen) atoms. The molecule has 0 aliphatic heterocycles. The van der Waals surface area contributed by atoms with Gasteiger partial charge in [-0.05, 0) is 6.42 Å². The predicted octanol–water partition coefficient (Wildman–Crippen LogP) is 5.64. The summed E-state index contributed by atoms with van der Waals surface area (Å²) in [6.07, 6.45) is 3.06. The molecule has 1 aromatic rings. The minimum absolute atomic E-state index is 0.0230. The molecule has 0 saturated carbocycles. The maximum Gasteiger partial charge on any atom is 0.257 e. The minimum Gasteiger partial charge on any atom is -0.481 e. The first-order valence-corrected chi connectivity index (χ1v) is 8.20. The molecule has 0 radical (unpaired) electrons. The van der Waals surface area contributed by atoms with Crippen LogP contribution < -0.4 is 10.1 Å². The number of unbranched alkanes of at least 4 members (excludes halogenated alkanes) is 2. The zero-order valence-electron chi connectivity index (χ0n) is 11.2. The van der Waals surface area contributed by atoms with Crippen LogP contribution >= 0.6 is 58.0 Å². The van der Waals surface area contributed by atoms with Crippen LogP contribution in [0, 0.1) is 0 Å². The molecule has 8 heteroatoms. The summed E-state index contributed by atoms with van der Waals surface area (Å²) in [6.45, 7) is 2.45. The Hall–Kier alpha value is -0.0600. The molecule has 0 spiro atoms. The van der Waals surface area contributed by atoms with Crippen LogP contribution in [-0.4, -0.2) is 19.1 Å². The van der Waals surface area contributed by atoms with E-state index in [9.17, 15) is 4.79 Å². The molecule has 0 aliphatic carbocycles. The highest BCUT2D eigenvalue weighted by Gasteiger charge is 2.21. The molecular formula is C13H14Cl5NO2. The van der Waals surface area contributed by atoms with Crippen molar-refractivity contribution < 1.29 is 9.53 Å². The van der Waals surface area contributed by atoms with Crippen LogP contribution in [0.4, 0.5) is 0 Å². The summed E-state index contributed by atoms with van der Waals surface area (Å²) in [4.78, 5) is 11.6. The van der Waals surface area contributed by atoms with Gasteiger partial charge in [-0.3, -0.25) is 4.79 Å². The van der Waals surface area contributed by atoms with Gasteiger partial charge in [-0.2, -0.15) is 0 Å². The van der Waals surface area contributed by atoms with E-state index >= 15 is 0 Å². The molecule has 0 fully saturated rings. The van der Waals surface area contributed by atoms with Gasteiger partial charge in [-0.25, -0.2) is 0 Å². The van der Waals surface area contributed by atoms with E-state index in [0.29, 0.717) is 6.54 Å². The zero-order valence-corrected chi connectivity index (χ0v) is 15.0. The Kier molecular flexibility index (Phi) is 8.28. The number of rotatable bonds is 7. The standard InChI is InChI=1S/C13H14Cl5NO2/c1-2-3-4-5-19-7(20)6-21-13-11(17)9(15)8(14)10(16)12(13)18/h2-6H2,1H3,(H,19,20). The van der Waals surface area contributed by atoms with Gasteiger partial charge >= 0.3 is 0 Å². The van der Waals surface area contributed by atoms with E-state index in [0.717, 1.165) is 19.3 Å². The second-order valence-electron chi connectivity index (χ2n) is 4.24. The average molecular weight is 394 g/mol. The van der Waals surface area contributed by atoms with Crippen LogP contribution in [0.2, 0.25) is 25.1 Å². The smallest absolute Gasteiger partial charge is 0.257 e. The Balaban J connectivity index is 2.66. The Morgan fingerprint density at radius 3 is 2.00 bits per heavy atom. The molecule has 0 aromatic heterocycles. The van der Waals surface area contributed by atoms with Crippen molar-refractivity contribution in [1.29, 1.82) is 0 Å². The first-order valence-electron chi connectivity index (χ1n) is 6.31. The van der Waals surface area contributed by atoms with Crippen molar-refractivity contribution in [1.82, 2.24) is 5.32 Å². The van der Waals surface area contributed by atoms with Crippen LogP contribution in [0.3, 0.4) is 0 Å². The summed E-state index contributed by atoms with van der Waals surface area (Å²) >= 11 is 29.6. The summed E-state index contributed by atoms with van der Waals surface area (Å²) < 4.78 is 5.30. The number of carbonyl (C=O) groups excluding carboxylic acids is 1. The molecule has 1 aromatic carbocycles. The van der Waals surface area contributed by atoms with Crippen molar-refractivity contribution >= 4 is 63.9 Å². The molecular weight excluding hydrogens is 379 g/mol. The van der Waals surface area contributed by atoms with Crippen molar-refractivity contribution in [3.8, 4) is 5.75 Å². The van der Waals surface area contributed by atoms with Gasteiger partial charge in [0.2, 0.25) is 0 Å². The van der Waals surface area contributed by atoms with Crippen LogP contribution in [-0.2, 0) is 4.79 Å². The zero-order chi connectivity index (χ0) is 16.0. The molecule has 1 rings (SSSR count). The fourth-order valence-corrected chi connectivity index (χ4v) is 2.73. The molecule has 0 heterocycles. The highest BCUT2D eigenvalue weighted by atomic mass is 35.5. The maximum atomic E-state index is 11.6. The third kappa shape index (κ3) is 5.26. The van der Waals surface area contributed by atoms with Gasteiger partial charge in [0.05, 0.1) is 15.1 Å². The summed E-state index contributed by atoms with van der Waals surface area (Å²) in [6, 6.07) is 0. The van der Waals surface area contributed by atoms with Gasteiger partial charge < -0.3 is 10.1 Å². The molecule has 0 saturated heterocycles. The summed E-state index contributed by atoms with van der Waals surface area (Å²) in [5, 5.41) is 2.88. The lowest BCUT2D eigenvalue weighted by Crippen LogP contribution is -2.29. The molecule has 0 aliphatic rings. The quantitative estimate of drug-likeness (QED) is 0.370. The molecule has 118 valence electrons. The molecule has 1 amide bonds. The van der Waals surface area contributed by atoms with Gasteiger partial charge in [0.1, 0.15) is 10.0 Å². The Labute approximate surface area is 148 Å². The number of amides is 1. The van der Waals surface area contributed by atoms with Gasteiger partial charge in [-0.1, -0.05) is 77.8 Å². The van der Waals surface area contributed by atoms with Gasteiger partial charge in [0, 0.05) is 6.54 Å². The number of hydrogen-bond donors (Lipinski definition) is 1. The van der Waals surface area contributed by atoms with Crippen molar-refractivity contribution in [2.24, 2.45) is 0 Å².